The number of carbonyl (C=O) groups excluding carboxylic acids is 2. The second-order valence-electron chi connectivity index (χ2n) is 5.61. The fourth-order valence-electron chi connectivity index (χ4n) is 3.20. The van der Waals surface area contributed by atoms with Crippen LogP contribution < -0.4 is 10.2 Å². The number of hydrogen-bond donors (Lipinski definition) is 1. The maximum atomic E-state index is 12.9. The van der Waals surface area contributed by atoms with Crippen molar-refractivity contribution in [3.05, 3.63) is 28.7 Å². The van der Waals surface area contributed by atoms with Gasteiger partial charge in [0.25, 0.3) is 5.91 Å². The largest absolute Gasteiger partial charge is 0.340 e. The molecule has 0 aromatic heterocycles. The highest BCUT2D eigenvalue weighted by molar-refractivity contribution is 9.10. The summed E-state index contributed by atoms with van der Waals surface area (Å²) in [5, 5.41) is 2.96. The van der Waals surface area contributed by atoms with E-state index in [1.165, 1.54) is 0 Å². The van der Waals surface area contributed by atoms with Crippen molar-refractivity contribution < 1.29 is 9.59 Å². The van der Waals surface area contributed by atoms with Gasteiger partial charge in [0.2, 0.25) is 5.91 Å². The molecule has 106 valence electrons. The highest BCUT2D eigenvalue weighted by atomic mass is 79.9. The van der Waals surface area contributed by atoms with E-state index in [0.29, 0.717) is 0 Å². The summed E-state index contributed by atoms with van der Waals surface area (Å²) in [4.78, 5) is 26.8. The van der Waals surface area contributed by atoms with Gasteiger partial charge < -0.3 is 5.32 Å². The molecule has 3 rings (SSSR count). The Morgan fingerprint density at radius 1 is 1.30 bits per heavy atom. The molecule has 1 N–H and O–H groups in total. The minimum absolute atomic E-state index is 0.0280. The molecule has 1 unspecified atom stereocenters. The van der Waals surface area contributed by atoms with Crippen LogP contribution in [0.15, 0.2) is 28.7 Å². The molecule has 1 aromatic rings. The van der Waals surface area contributed by atoms with Crippen LogP contribution in [0.25, 0.3) is 0 Å². The molecule has 1 heterocycles. The molecule has 1 saturated heterocycles. The lowest BCUT2D eigenvalue weighted by atomic mass is 9.90. The molecule has 2 fully saturated rings. The van der Waals surface area contributed by atoms with Gasteiger partial charge in [-0.05, 0) is 38.0 Å². The number of anilines is 1. The summed E-state index contributed by atoms with van der Waals surface area (Å²) < 4.78 is 0.904. The first-order valence-electron chi connectivity index (χ1n) is 6.95. The predicted molar refractivity (Wildman–Crippen MR) is 80.4 cm³/mol. The quantitative estimate of drug-likeness (QED) is 0.856. The zero-order chi connectivity index (χ0) is 14.3. The van der Waals surface area contributed by atoms with Crippen LogP contribution in [0.4, 0.5) is 5.69 Å². The van der Waals surface area contributed by atoms with Gasteiger partial charge in [-0.2, -0.15) is 0 Å². The van der Waals surface area contributed by atoms with Gasteiger partial charge in [0.1, 0.15) is 11.6 Å². The summed E-state index contributed by atoms with van der Waals surface area (Å²) in [6.45, 7) is 1.77. The highest BCUT2D eigenvalue weighted by Gasteiger charge is 2.51. The van der Waals surface area contributed by atoms with Crippen molar-refractivity contribution in [3.8, 4) is 0 Å². The Morgan fingerprint density at radius 3 is 2.65 bits per heavy atom. The van der Waals surface area contributed by atoms with Crippen molar-refractivity contribution in [3.63, 3.8) is 0 Å². The number of amides is 2. The molecule has 2 aliphatic rings. The number of carbonyl (C=O) groups is 2. The van der Waals surface area contributed by atoms with Crippen molar-refractivity contribution in [1.82, 2.24) is 5.32 Å². The summed E-state index contributed by atoms with van der Waals surface area (Å²) in [5.41, 5.74) is 0.101. The number of benzene rings is 1. The van der Waals surface area contributed by atoms with Gasteiger partial charge in [-0.1, -0.05) is 34.8 Å². The second-order valence-corrected chi connectivity index (χ2v) is 6.53. The van der Waals surface area contributed by atoms with E-state index >= 15 is 0 Å². The molecule has 1 aromatic carbocycles. The number of piperazine rings is 1. The van der Waals surface area contributed by atoms with Crippen molar-refractivity contribution >= 4 is 33.4 Å². The maximum Gasteiger partial charge on any atom is 0.253 e. The first-order chi connectivity index (χ1) is 9.53. The van der Waals surface area contributed by atoms with Crippen LogP contribution in [-0.2, 0) is 9.59 Å². The Hall–Kier alpha value is -1.36. The zero-order valence-electron chi connectivity index (χ0n) is 11.4. The molecule has 1 aliphatic carbocycles. The SMILES string of the molecule is CC1C(=O)NC2(CCCC2)C(=O)N1c1cccc(Br)c1. The Balaban J connectivity index is 2.03. The normalized spacial score (nSPS) is 25.1. The first-order valence-corrected chi connectivity index (χ1v) is 7.74. The molecule has 5 heteroatoms. The third-order valence-corrected chi connectivity index (χ3v) is 4.79. The third-order valence-electron chi connectivity index (χ3n) is 4.30. The molecule has 0 bridgehead atoms. The number of rotatable bonds is 1. The van der Waals surface area contributed by atoms with Gasteiger partial charge in [0.05, 0.1) is 0 Å². The van der Waals surface area contributed by atoms with E-state index in [1.807, 2.05) is 24.3 Å². The van der Waals surface area contributed by atoms with Crippen LogP contribution in [-0.4, -0.2) is 23.4 Å². The van der Waals surface area contributed by atoms with E-state index in [1.54, 1.807) is 11.8 Å². The minimum atomic E-state index is -0.675. The second kappa shape index (κ2) is 4.88. The molecule has 20 heavy (non-hydrogen) atoms. The van der Waals surface area contributed by atoms with E-state index < -0.39 is 11.6 Å². The number of hydrogen-bond acceptors (Lipinski definition) is 2. The van der Waals surface area contributed by atoms with Crippen LogP contribution in [0.5, 0.6) is 0 Å². The molecular weight excluding hydrogens is 320 g/mol. The van der Waals surface area contributed by atoms with Crippen molar-refractivity contribution in [2.45, 2.75) is 44.2 Å². The Kier molecular flexibility index (Phi) is 3.32. The molecule has 1 atom stereocenters. The molecule has 2 amide bonds. The van der Waals surface area contributed by atoms with Gasteiger partial charge in [0.15, 0.2) is 0 Å². The van der Waals surface area contributed by atoms with Crippen molar-refractivity contribution in [2.75, 3.05) is 4.90 Å². The minimum Gasteiger partial charge on any atom is -0.340 e. The fraction of sp³-hybridized carbons (Fsp3) is 0.467. The maximum absolute atomic E-state index is 12.9. The Bertz CT molecular complexity index is 567. The van der Waals surface area contributed by atoms with Gasteiger partial charge in [-0.15, -0.1) is 0 Å². The summed E-state index contributed by atoms with van der Waals surface area (Å²) in [6, 6.07) is 7.08. The monoisotopic (exact) mass is 336 g/mol. The summed E-state index contributed by atoms with van der Waals surface area (Å²) in [5.74, 6) is -0.0355. The Labute approximate surface area is 126 Å². The van der Waals surface area contributed by atoms with Gasteiger partial charge in [-0.3, -0.25) is 14.5 Å². The lowest BCUT2D eigenvalue weighted by Crippen LogP contribution is -2.69. The van der Waals surface area contributed by atoms with Gasteiger partial charge >= 0.3 is 0 Å². The molecule has 1 saturated carbocycles. The molecular formula is C15H17BrN2O2. The fourth-order valence-corrected chi connectivity index (χ4v) is 3.59. The van der Waals surface area contributed by atoms with Crippen LogP contribution in [0.2, 0.25) is 0 Å². The predicted octanol–water partition coefficient (Wildman–Crippen LogP) is 2.61. The third kappa shape index (κ3) is 2.04. The molecule has 0 radical (unpaired) electrons. The van der Waals surface area contributed by atoms with Crippen LogP contribution >= 0.6 is 15.9 Å². The van der Waals surface area contributed by atoms with Gasteiger partial charge in [-0.25, -0.2) is 0 Å². The van der Waals surface area contributed by atoms with E-state index in [2.05, 4.69) is 21.2 Å². The molecule has 1 spiro atoms. The van der Waals surface area contributed by atoms with E-state index in [4.69, 9.17) is 0 Å². The summed E-state index contributed by atoms with van der Waals surface area (Å²) >= 11 is 3.42. The van der Waals surface area contributed by atoms with E-state index in [9.17, 15) is 9.59 Å². The van der Waals surface area contributed by atoms with E-state index in [0.717, 1.165) is 35.8 Å². The van der Waals surface area contributed by atoms with E-state index in [-0.39, 0.29) is 11.8 Å². The number of nitrogens with one attached hydrogen (secondary N) is 1. The molecule has 4 nitrogen and oxygen atoms in total. The van der Waals surface area contributed by atoms with Crippen LogP contribution in [0, 0.1) is 0 Å². The van der Waals surface area contributed by atoms with Crippen LogP contribution in [0.3, 0.4) is 0 Å². The zero-order valence-corrected chi connectivity index (χ0v) is 12.9. The van der Waals surface area contributed by atoms with Crippen molar-refractivity contribution in [2.24, 2.45) is 0 Å². The summed E-state index contributed by atoms with van der Waals surface area (Å²) in [6.07, 6.45) is 3.48. The Morgan fingerprint density at radius 2 is 2.00 bits per heavy atom. The first kappa shape index (κ1) is 13.6. The number of nitrogens with zero attached hydrogens (tertiary/aromatic N) is 1. The smallest absolute Gasteiger partial charge is 0.253 e. The van der Waals surface area contributed by atoms with Crippen LogP contribution in [0.1, 0.15) is 32.6 Å². The standard InChI is InChI=1S/C15H17BrN2O2/c1-10-13(19)17-15(7-2-3-8-15)14(20)18(10)12-6-4-5-11(16)9-12/h4-6,9-10H,2-3,7-8H2,1H3,(H,17,19). The topological polar surface area (TPSA) is 49.4 Å². The average molecular weight is 337 g/mol. The summed E-state index contributed by atoms with van der Waals surface area (Å²) in [7, 11) is 0. The highest BCUT2D eigenvalue weighted by Crippen LogP contribution is 2.36. The number of halogens is 1. The van der Waals surface area contributed by atoms with Gasteiger partial charge in [0, 0.05) is 10.2 Å². The lowest BCUT2D eigenvalue weighted by Gasteiger charge is -2.43. The average Bonchev–Trinajstić information content (AvgIpc) is 2.87. The lowest BCUT2D eigenvalue weighted by molar-refractivity contribution is -0.137. The van der Waals surface area contributed by atoms with Crippen molar-refractivity contribution in [1.29, 1.82) is 0 Å². The molecule has 1 aliphatic heterocycles.